The molecule has 0 saturated heterocycles. The van der Waals surface area contributed by atoms with E-state index in [9.17, 15) is 13.2 Å². The minimum atomic E-state index is -3.85. The van der Waals surface area contributed by atoms with Crippen molar-refractivity contribution in [1.29, 1.82) is 0 Å². The van der Waals surface area contributed by atoms with E-state index in [1.54, 1.807) is 13.8 Å². The largest absolute Gasteiger partial charge is 0.480 e. The number of carbonyl (C=O) groups is 1. The molecule has 8 heteroatoms. The number of aromatic amines is 1. The monoisotopic (exact) mass is 261 g/mol. The number of aromatic nitrogens is 2. The number of aryl methyl sites for hydroxylation is 1. The molecule has 17 heavy (non-hydrogen) atoms. The number of carboxylic acids is 1. The minimum Gasteiger partial charge on any atom is -0.480 e. The highest BCUT2D eigenvalue weighted by atomic mass is 32.2. The van der Waals surface area contributed by atoms with Gasteiger partial charge in [0.1, 0.15) is 11.9 Å². The summed E-state index contributed by atoms with van der Waals surface area (Å²) >= 11 is 0. The van der Waals surface area contributed by atoms with Crippen LogP contribution in [-0.2, 0) is 14.8 Å². The first-order valence-electron chi connectivity index (χ1n) is 5.13. The van der Waals surface area contributed by atoms with Gasteiger partial charge in [0.15, 0.2) is 5.03 Å². The van der Waals surface area contributed by atoms with E-state index >= 15 is 0 Å². The van der Waals surface area contributed by atoms with Crippen LogP contribution in [0.2, 0.25) is 0 Å². The number of nitrogens with zero attached hydrogens (tertiary/aromatic N) is 1. The predicted octanol–water partition coefficient (Wildman–Crippen LogP) is 0.250. The Bertz CT molecular complexity index is 494. The molecule has 0 aliphatic heterocycles. The number of imidazole rings is 1. The third-order valence-corrected chi connectivity index (χ3v) is 3.52. The summed E-state index contributed by atoms with van der Waals surface area (Å²) in [6, 6.07) is -1.12. The van der Waals surface area contributed by atoms with E-state index in [4.69, 9.17) is 5.11 Å². The lowest BCUT2D eigenvalue weighted by Crippen LogP contribution is -2.40. The molecular formula is C9H15N3O4S. The SMILES string of the molecule is CCC[C@@H](NS(=O)(=O)c1cnc(C)[nH]1)C(=O)O. The second-order valence-electron chi connectivity index (χ2n) is 3.63. The standard InChI is InChI=1S/C9H15N3O4S/c1-3-4-7(9(13)14)12-17(15,16)8-5-10-6(2)11-8/h5,7,12H,3-4H2,1-2H3,(H,10,11)(H,13,14)/t7-/m1/s1. The Morgan fingerprint density at radius 1 is 1.65 bits per heavy atom. The van der Waals surface area contributed by atoms with Crippen LogP contribution in [-0.4, -0.2) is 35.5 Å². The fourth-order valence-corrected chi connectivity index (χ4v) is 2.50. The highest BCUT2D eigenvalue weighted by Gasteiger charge is 2.25. The molecule has 1 aromatic rings. The number of nitrogens with one attached hydrogen (secondary N) is 2. The second-order valence-corrected chi connectivity index (χ2v) is 5.32. The third-order valence-electron chi connectivity index (χ3n) is 2.14. The Morgan fingerprint density at radius 2 is 2.29 bits per heavy atom. The molecule has 96 valence electrons. The molecule has 0 radical (unpaired) electrons. The maximum Gasteiger partial charge on any atom is 0.321 e. The summed E-state index contributed by atoms with van der Waals surface area (Å²) in [5.41, 5.74) is 0. The zero-order valence-corrected chi connectivity index (χ0v) is 10.4. The molecule has 0 saturated carbocycles. The smallest absolute Gasteiger partial charge is 0.321 e. The van der Waals surface area contributed by atoms with Gasteiger partial charge in [0.2, 0.25) is 0 Å². The number of rotatable bonds is 6. The van der Waals surface area contributed by atoms with E-state index in [0.717, 1.165) is 6.20 Å². The van der Waals surface area contributed by atoms with E-state index < -0.39 is 22.0 Å². The highest BCUT2D eigenvalue weighted by Crippen LogP contribution is 2.08. The van der Waals surface area contributed by atoms with E-state index in [1.807, 2.05) is 0 Å². The number of sulfonamides is 1. The van der Waals surface area contributed by atoms with Crippen LogP contribution in [0, 0.1) is 6.92 Å². The molecule has 0 amide bonds. The van der Waals surface area contributed by atoms with Gasteiger partial charge in [0, 0.05) is 0 Å². The van der Waals surface area contributed by atoms with Crippen molar-refractivity contribution in [3.8, 4) is 0 Å². The Kier molecular flexibility index (Phi) is 4.24. The number of H-pyrrole nitrogens is 1. The lowest BCUT2D eigenvalue weighted by atomic mass is 10.2. The first-order chi connectivity index (χ1) is 7.86. The van der Waals surface area contributed by atoms with Crippen LogP contribution in [0.5, 0.6) is 0 Å². The lowest BCUT2D eigenvalue weighted by Gasteiger charge is -2.12. The van der Waals surface area contributed by atoms with Crippen molar-refractivity contribution < 1.29 is 18.3 Å². The molecule has 0 bridgehead atoms. The fourth-order valence-electron chi connectivity index (χ4n) is 1.31. The molecule has 1 atom stereocenters. The van der Waals surface area contributed by atoms with Crippen LogP contribution in [0.1, 0.15) is 25.6 Å². The zero-order chi connectivity index (χ0) is 13.1. The van der Waals surface area contributed by atoms with Gasteiger partial charge in [-0.15, -0.1) is 0 Å². The lowest BCUT2D eigenvalue weighted by molar-refractivity contribution is -0.139. The van der Waals surface area contributed by atoms with Crippen molar-refractivity contribution >= 4 is 16.0 Å². The topological polar surface area (TPSA) is 112 Å². The quantitative estimate of drug-likeness (QED) is 0.679. The average Bonchev–Trinajstić information content (AvgIpc) is 2.64. The zero-order valence-electron chi connectivity index (χ0n) is 9.60. The first-order valence-corrected chi connectivity index (χ1v) is 6.62. The van der Waals surface area contributed by atoms with Crippen molar-refractivity contribution in [1.82, 2.24) is 14.7 Å². The molecule has 7 nitrogen and oxygen atoms in total. The van der Waals surface area contributed by atoms with Crippen LogP contribution >= 0.6 is 0 Å². The van der Waals surface area contributed by atoms with Crippen molar-refractivity contribution in [2.45, 2.75) is 37.8 Å². The fraction of sp³-hybridized carbons (Fsp3) is 0.556. The third kappa shape index (κ3) is 3.53. The Balaban J connectivity index is 2.88. The summed E-state index contributed by atoms with van der Waals surface area (Å²) in [6.45, 7) is 3.39. The van der Waals surface area contributed by atoms with E-state index in [1.165, 1.54) is 0 Å². The maximum absolute atomic E-state index is 11.8. The summed E-state index contributed by atoms with van der Waals surface area (Å²) in [5.74, 6) is -0.737. The van der Waals surface area contributed by atoms with Gasteiger partial charge < -0.3 is 10.1 Å². The van der Waals surface area contributed by atoms with Crippen LogP contribution < -0.4 is 4.72 Å². The van der Waals surface area contributed by atoms with Crippen LogP contribution in [0.3, 0.4) is 0 Å². The first kappa shape index (κ1) is 13.7. The van der Waals surface area contributed by atoms with Gasteiger partial charge in [-0.1, -0.05) is 13.3 Å². The van der Waals surface area contributed by atoms with Crippen molar-refractivity contribution in [3.63, 3.8) is 0 Å². The Hall–Kier alpha value is -1.41. The van der Waals surface area contributed by atoms with Gasteiger partial charge in [-0.2, -0.15) is 4.72 Å². The van der Waals surface area contributed by atoms with E-state index in [2.05, 4.69) is 14.7 Å². The molecule has 3 N–H and O–H groups in total. The minimum absolute atomic E-state index is 0.127. The molecule has 0 spiro atoms. The molecular weight excluding hydrogens is 246 g/mol. The van der Waals surface area contributed by atoms with Gasteiger partial charge in [-0.3, -0.25) is 4.79 Å². The van der Waals surface area contributed by atoms with Gasteiger partial charge in [0.05, 0.1) is 6.20 Å². The van der Waals surface area contributed by atoms with Crippen LogP contribution in [0.4, 0.5) is 0 Å². The number of aliphatic carboxylic acids is 1. The summed E-state index contributed by atoms with van der Waals surface area (Å²) in [4.78, 5) is 17.2. The van der Waals surface area contributed by atoms with Gasteiger partial charge in [-0.05, 0) is 13.3 Å². The van der Waals surface area contributed by atoms with Crippen LogP contribution in [0.25, 0.3) is 0 Å². The van der Waals surface area contributed by atoms with E-state index in [-0.39, 0.29) is 11.4 Å². The number of hydrogen-bond donors (Lipinski definition) is 3. The van der Waals surface area contributed by atoms with Crippen LogP contribution in [0.15, 0.2) is 11.2 Å². The molecule has 0 unspecified atom stereocenters. The van der Waals surface area contributed by atoms with Gasteiger partial charge in [-0.25, -0.2) is 13.4 Å². The number of hydrogen-bond acceptors (Lipinski definition) is 4. The summed E-state index contributed by atoms with van der Waals surface area (Å²) in [7, 11) is -3.85. The highest BCUT2D eigenvalue weighted by molar-refractivity contribution is 7.89. The predicted molar refractivity (Wildman–Crippen MR) is 60.0 cm³/mol. The average molecular weight is 261 g/mol. The van der Waals surface area contributed by atoms with Crippen molar-refractivity contribution in [3.05, 3.63) is 12.0 Å². The molecule has 1 aromatic heterocycles. The maximum atomic E-state index is 11.8. The molecule has 1 heterocycles. The summed E-state index contributed by atoms with van der Waals surface area (Å²) in [5, 5.41) is 8.74. The van der Waals surface area contributed by atoms with Crippen molar-refractivity contribution in [2.24, 2.45) is 0 Å². The van der Waals surface area contributed by atoms with Crippen molar-refractivity contribution in [2.75, 3.05) is 0 Å². The Morgan fingerprint density at radius 3 is 2.71 bits per heavy atom. The molecule has 0 aliphatic carbocycles. The van der Waals surface area contributed by atoms with Gasteiger partial charge >= 0.3 is 5.97 Å². The molecule has 1 rings (SSSR count). The normalized spacial score (nSPS) is 13.5. The molecule has 0 aliphatic rings. The molecule has 0 fully saturated rings. The van der Waals surface area contributed by atoms with E-state index in [0.29, 0.717) is 12.2 Å². The second kappa shape index (κ2) is 5.28. The molecule has 0 aromatic carbocycles. The Labute approximate surface area is 99.3 Å². The summed E-state index contributed by atoms with van der Waals surface area (Å²) in [6.07, 6.45) is 1.96. The summed E-state index contributed by atoms with van der Waals surface area (Å²) < 4.78 is 25.7. The number of carboxylic acid groups (broad SMARTS) is 1. The van der Waals surface area contributed by atoms with Gasteiger partial charge in [0.25, 0.3) is 10.0 Å².